The summed E-state index contributed by atoms with van der Waals surface area (Å²) in [5.41, 5.74) is 1.02. The maximum Gasteiger partial charge on any atom is 0.238 e. The van der Waals surface area contributed by atoms with Crippen LogP contribution in [0.1, 0.15) is 17.1 Å². The fourth-order valence-electron chi connectivity index (χ4n) is 2.05. The van der Waals surface area contributed by atoms with Crippen LogP contribution in [-0.4, -0.2) is 24.4 Å². The Morgan fingerprint density at radius 3 is 2.67 bits per heavy atom. The van der Waals surface area contributed by atoms with Gasteiger partial charge in [0.2, 0.25) is 5.91 Å². The molecule has 0 saturated carbocycles. The molecule has 1 aromatic carbocycles. The standard InChI is InChI=1S/C16H19FN2O2/c1-11-4-7-15(14(17)8-11)18-16(20)10-19(3)9-13-6-5-12(2)21-13/h4-8H,9-10H2,1-3H3,(H,18,20). The molecule has 1 N–H and O–H groups in total. The molecule has 4 nitrogen and oxygen atoms in total. The number of hydrogen-bond acceptors (Lipinski definition) is 3. The summed E-state index contributed by atoms with van der Waals surface area (Å²) in [5.74, 6) is 0.949. The van der Waals surface area contributed by atoms with Crippen molar-refractivity contribution < 1.29 is 13.6 Å². The zero-order chi connectivity index (χ0) is 15.4. The van der Waals surface area contributed by atoms with E-state index in [1.807, 2.05) is 26.1 Å². The van der Waals surface area contributed by atoms with Crippen molar-refractivity contribution in [2.45, 2.75) is 20.4 Å². The van der Waals surface area contributed by atoms with Gasteiger partial charge in [-0.15, -0.1) is 0 Å². The number of rotatable bonds is 5. The Hall–Kier alpha value is -2.14. The van der Waals surface area contributed by atoms with Crippen LogP contribution >= 0.6 is 0 Å². The van der Waals surface area contributed by atoms with E-state index in [4.69, 9.17) is 4.42 Å². The molecule has 0 spiro atoms. The second kappa shape index (κ2) is 6.54. The molecule has 0 bridgehead atoms. The van der Waals surface area contributed by atoms with Crippen LogP contribution in [0.2, 0.25) is 0 Å². The van der Waals surface area contributed by atoms with E-state index in [9.17, 15) is 9.18 Å². The predicted octanol–water partition coefficient (Wildman–Crippen LogP) is 3.11. The lowest BCUT2D eigenvalue weighted by molar-refractivity contribution is -0.117. The lowest BCUT2D eigenvalue weighted by atomic mass is 10.2. The van der Waals surface area contributed by atoms with E-state index in [2.05, 4.69) is 5.32 Å². The topological polar surface area (TPSA) is 45.5 Å². The van der Waals surface area contributed by atoms with Crippen LogP contribution in [0.15, 0.2) is 34.7 Å². The van der Waals surface area contributed by atoms with Gasteiger partial charge in [0.1, 0.15) is 17.3 Å². The van der Waals surface area contributed by atoms with E-state index in [1.54, 1.807) is 24.0 Å². The highest BCUT2D eigenvalue weighted by Gasteiger charge is 2.11. The van der Waals surface area contributed by atoms with Gasteiger partial charge in [-0.2, -0.15) is 0 Å². The molecule has 112 valence electrons. The smallest absolute Gasteiger partial charge is 0.238 e. The van der Waals surface area contributed by atoms with E-state index in [1.165, 1.54) is 6.07 Å². The SMILES string of the molecule is Cc1ccc(NC(=O)CN(C)Cc2ccc(C)o2)c(F)c1. The molecule has 1 amide bonds. The van der Waals surface area contributed by atoms with Crippen LogP contribution in [0.3, 0.4) is 0 Å². The summed E-state index contributed by atoms with van der Waals surface area (Å²) in [6.45, 7) is 4.36. The molecule has 0 aliphatic heterocycles. The Morgan fingerprint density at radius 2 is 2.05 bits per heavy atom. The number of carbonyl (C=O) groups is 1. The number of nitrogens with zero attached hydrogens (tertiary/aromatic N) is 1. The Kier molecular flexibility index (Phi) is 4.75. The zero-order valence-electron chi connectivity index (χ0n) is 12.4. The zero-order valence-corrected chi connectivity index (χ0v) is 12.4. The number of benzene rings is 1. The lowest BCUT2D eigenvalue weighted by Gasteiger charge is -2.15. The number of likely N-dealkylation sites (N-methyl/N-ethyl adjacent to an activating group) is 1. The van der Waals surface area contributed by atoms with Gasteiger partial charge in [-0.05, 0) is 50.7 Å². The maximum atomic E-state index is 13.7. The minimum Gasteiger partial charge on any atom is -0.465 e. The van der Waals surface area contributed by atoms with Crippen LogP contribution in [0.25, 0.3) is 0 Å². The van der Waals surface area contributed by atoms with Gasteiger partial charge in [0.05, 0.1) is 18.8 Å². The summed E-state index contributed by atoms with van der Waals surface area (Å²) >= 11 is 0. The number of hydrogen-bond donors (Lipinski definition) is 1. The van der Waals surface area contributed by atoms with Crippen LogP contribution < -0.4 is 5.32 Å². The van der Waals surface area contributed by atoms with Gasteiger partial charge < -0.3 is 9.73 Å². The van der Waals surface area contributed by atoms with E-state index in [0.29, 0.717) is 6.54 Å². The number of halogens is 1. The Balaban J connectivity index is 1.89. The number of furan rings is 1. The maximum absolute atomic E-state index is 13.7. The van der Waals surface area contributed by atoms with Crippen molar-refractivity contribution in [1.29, 1.82) is 0 Å². The fraction of sp³-hybridized carbons (Fsp3) is 0.312. The Labute approximate surface area is 123 Å². The molecule has 1 aromatic heterocycles. The third kappa shape index (κ3) is 4.43. The largest absolute Gasteiger partial charge is 0.465 e. The van der Waals surface area contributed by atoms with Crippen molar-refractivity contribution in [3.63, 3.8) is 0 Å². The predicted molar refractivity (Wildman–Crippen MR) is 79.5 cm³/mol. The van der Waals surface area contributed by atoms with Gasteiger partial charge in [-0.25, -0.2) is 4.39 Å². The molecule has 0 unspecified atom stereocenters. The molecule has 0 radical (unpaired) electrons. The summed E-state index contributed by atoms with van der Waals surface area (Å²) in [4.78, 5) is 13.7. The van der Waals surface area contributed by atoms with Gasteiger partial charge in [0.25, 0.3) is 0 Å². The molecule has 0 saturated heterocycles. The summed E-state index contributed by atoms with van der Waals surface area (Å²) < 4.78 is 19.1. The van der Waals surface area contributed by atoms with E-state index >= 15 is 0 Å². The number of aryl methyl sites for hydroxylation is 2. The Morgan fingerprint density at radius 1 is 1.29 bits per heavy atom. The number of anilines is 1. The van der Waals surface area contributed by atoms with Crippen LogP contribution in [0.4, 0.5) is 10.1 Å². The highest BCUT2D eigenvalue weighted by atomic mass is 19.1. The van der Waals surface area contributed by atoms with Crippen LogP contribution in [-0.2, 0) is 11.3 Å². The highest BCUT2D eigenvalue weighted by molar-refractivity contribution is 5.92. The summed E-state index contributed by atoms with van der Waals surface area (Å²) in [6.07, 6.45) is 0. The van der Waals surface area contributed by atoms with Crippen molar-refractivity contribution >= 4 is 11.6 Å². The van der Waals surface area contributed by atoms with E-state index in [0.717, 1.165) is 17.1 Å². The van der Waals surface area contributed by atoms with E-state index in [-0.39, 0.29) is 18.1 Å². The quantitative estimate of drug-likeness (QED) is 0.920. The van der Waals surface area contributed by atoms with Crippen molar-refractivity contribution in [2.75, 3.05) is 18.9 Å². The third-order valence-corrected chi connectivity index (χ3v) is 3.03. The minimum atomic E-state index is -0.423. The van der Waals surface area contributed by atoms with Gasteiger partial charge >= 0.3 is 0 Å². The van der Waals surface area contributed by atoms with Crippen LogP contribution in [0.5, 0.6) is 0 Å². The van der Waals surface area contributed by atoms with E-state index < -0.39 is 5.82 Å². The molecule has 21 heavy (non-hydrogen) atoms. The van der Waals surface area contributed by atoms with Gasteiger partial charge in [-0.3, -0.25) is 9.69 Å². The highest BCUT2D eigenvalue weighted by Crippen LogP contribution is 2.15. The summed E-state index contributed by atoms with van der Waals surface area (Å²) in [5, 5.41) is 2.57. The molecule has 2 aromatic rings. The summed E-state index contributed by atoms with van der Waals surface area (Å²) in [6, 6.07) is 8.48. The average molecular weight is 290 g/mol. The number of amides is 1. The van der Waals surface area contributed by atoms with Crippen molar-refractivity contribution in [3.8, 4) is 0 Å². The van der Waals surface area contributed by atoms with Crippen LogP contribution in [0, 0.1) is 19.7 Å². The first-order valence-corrected chi connectivity index (χ1v) is 6.74. The molecule has 0 fully saturated rings. The third-order valence-electron chi connectivity index (χ3n) is 3.03. The molecule has 2 rings (SSSR count). The normalized spacial score (nSPS) is 10.9. The second-order valence-corrected chi connectivity index (χ2v) is 5.22. The first-order valence-electron chi connectivity index (χ1n) is 6.74. The van der Waals surface area contributed by atoms with Crippen molar-refractivity contribution in [3.05, 3.63) is 53.2 Å². The first-order chi connectivity index (χ1) is 9.94. The Bertz CT molecular complexity index is 637. The average Bonchev–Trinajstić information content (AvgIpc) is 2.78. The molecular formula is C16H19FN2O2. The minimum absolute atomic E-state index is 0.160. The van der Waals surface area contributed by atoms with Gasteiger partial charge in [0, 0.05) is 0 Å². The molecule has 5 heteroatoms. The van der Waals surface area contributed by atoms with Crippen molar-refractivity contribution in [2.24, 2.45) is 0 Å². The number of nitrogens with one attached hydrogen (secondary N) is 1. The fourth-order valence-corrected chi connectivity index (χ4v) is 2.05. The molecule has 1 heterocycles. The lowest BCUT2D eigenvalue weighted by Crippen LogP contribution is -2.30. The van der Waals surface area contributed by atoms with Gasteiger partial charge in [0.15, 0.2) is 0 Å². The first kappa shape index (κ1) is 15.3. The second-order valence-electron chi connectivity index (χ2n) is 5.22. The molecule has 0 aliphatic rings. The monoisotopic (exact) mass is 290 g/mol. The number of carbonyl (C=O) groups excluding carboxylic acids is 1. The molecule has 0 atom stereocenters. The van der Waals surface area contributed by atoms with Crippen molar-refractivity contribution in [1.82, 2.24) is 4.90 Å². The van der Waals surface area contributed by atoms with Gasteiger partial charge in [-0.1, -0.05) is 6.07 Å². The molecule has 0 aliphatic carbocycles. The summed E-state index contributed by atoms with van der Waals surface area (Å²) in [7, 11) is 1.81. The molecular weight excluding hydrogens is 271 g/mol.